The maximum atomic E-state index is 12.4. The molecule has 0 saturated carbocycles. The molecule has 22 heavy (non-hydrogen) atoms. The van der Waals surface area contributed by atoms with Crippen LogP contribution in [0.5, 0.6) is 5.88 Å². The van der Waals surface area contributed by atoms with E-state index in [4.69, 9.17) is 4.74 Å². The fourth-order valence-electron chi connectivity index (χ4n) is 3.66. The number of hydrogen-bond acceptors (Lipinski definition) is 6. The molecule has 3 atom stereocenters. The average molecular weight is 325 g/mol. The summed E-state index contributed by atoms with van der Waals surface area (Å²) in [6, 6.07) is 5.80. The third-order valence-corrected chi connectivity index (χ3v) is 7.01. The summed E-state index contributed by atoms with van der Waals surface area (Å²) in [5, 5.41) is -0.231. The van der Waals surface area contributed by atoms with E-state index in [9.17, 15) is 8.42 Å². The Balaban J connectivity index is 1.74. The zero-order valence-corrected chi connectivity index (χ0v) is 14.1. The molecular formula is C15H23N3O3S. The first-order valence-corrected chi connectivity index (χ1v) is 9.22. The summed E-state index contributed by atoms with van der Waals surface area (Å²) in [7, 11) is 2.55. The Hall–Kier alpha value is -1.18. The number of ether oxygens (including phenoxy) is 1. The lowest BCUT2D eigenvalue weighted by atomic mass is 10.00. The Morgan fingerprint density at radius 3 is 2.82 bits per heavy atom. The van der Waals surface area contributed by atoms with Crippen LogP contribution in [-0.2, 0) is 16.4 Å². The van der Waals surface area contributed by atoms with Crippen molar-refractivity contribution in [2.24, 2.45) is 5.92 Å². The maximum Gasteiger partial charge on any atom is 0.213 e. The van der Waals surface area contributed by atoms with Crippen LogP contribution in [-0.4, -0.2) is 74.5 Å². The number of methoxy groups -OCH3 is 1. The molecule has 7 heteroatoms. The van der Waals surface area contributed by atoms with E-state index in [1.165, 1.54) is 0 Å². The topological polar surface area (TPSA) is 62.7 Å². The highest BCUT2D eigenvalue weighted by molar-refractivity contribution is 7.92. The molecule has 0 N–H and O–H groups in total. The van der Waals surface area contributed by atoms with Crippen molar-refractivity contribution in [3.8, 4) is 5.88 Å². The molecule has 3 heterocycles. The van der Waals surface area contributed by atoms with Crippen molar-refractivity contribution in [1.29, 1.82) is 0 Å². The van der Waals surface area contributed by atoms with E-state index in [0.717, 1.165) is 12.2 Å². The molecule has 0 bridgehead atoms. The number of aromatic nitrogens is 1. The van der Waals surface area contributed by atoms with Gasteiger partial charge in [-0.15, -0.1) is 0 Å². The van der Waals surface area contributed by atoms with Crippen molar-refractivity contribution in [2.45, 2.75) is 17.8 Å². The second-order valence-electron chi connectivity index (χ2n) is 6.43. The quantitative estimate of drug-likeness (QED) is 0.791. The van der Waals surface area contributed by atoms with Crippen LogP contribution in [0.25, 0.3) is 0 Å². The molecule has 0 spiro atoms. The van der Waals surface area contributed by atoms with E-state index in [0.29, 0.717) is 24.7 Å². The SMILES string of the molecule is COc1cccc(CN2C[C@H]3[C@H](N(C)C)CS(=O)(=O)[C@H]3C2)n1. The molecule has 3 rings (SSSR count). The van der Waals surface area contributed by atoms with Crippen LogP contribution in [0, 0.1) is 5.92 Å². The maximum absolute atomic E-state index is 12.4. The fraction of sp³-hybridized carbons (Fsp3) is 0.667. The first-order chi connectivity index (χ1) is 10.4. The molecule has 0 unspecified atom stereocenters. The van der Waals surface area contributed by atoms with Gasteiger partial charge >= 0.3 is 0 Å². The lowest BCUT2D eigenvalue weighted by Gasteiger charge is -2.25. The van der Waals surface area contributed by atoms with Crippen molar-refractivity contribution in [1.82, 2.24) is 14.8 Å². The molecule has 2 fully saturated rings. The van der Waals surface area contributed by atoms with Gasteiger partial charge in [0.25, 0.3) is 0 Å². The monoisotopic (exact) mass is 325 g/mol. The van der Waals surface area contributed by atoms with Gasteiger partial charge in [-0.05, 0) is 20.2 Å². The van der Waals surface area contributed by atoms with E-state index >= 15 is 0 Å². The molecule has 2 aliphatic rings. The lowest BCUT2D eigenvalue weighted by molar-refractivity contribution is 0.228. The zero-order chi connectivity index (χ0) is 15.9. The van der Waals surface area contributed by atoms with Crippen molar-refractivity contribution in [3.05, 3.63) is 23.9 Å². The second kappa shape index (κ2) is 5.79. The molecule has 0 aromatic carbocycles. The normalized spacial score (nSPS) is 30.6. The van der Waals surface area contributed by atoms with Gasteiger partial charge in [0.2, 0.25) is 5.88 Å². The molecule has 6 nitrogen and oxygen atoms in total. The van der Waals surface area contributed by atoms with Crippen molar-refractivity contribution in [3.63, 3.8) is 0 Å². The summed E-state index contributed by atoms with van der Waals surface area (Å²) >= 11 is 0. The minimum atomic E-state index is -2.98. The zero-order valence-electron chi connectivity index (χ0n) is 13.3. The van der Waals surface area contributed by atoms with Crippen LogP contribution in [0.15, 0.2) is 18.2 Å². The molecular weight excluding hydrogens is 302 g/mol. The third kappa shape index (κ3) is 2.85. The molecule has 1 aromatic rings. The first-order valence-electron chi connectivity index (χ1n) is 7.51. The van der Waals surface area contributed by atoms with E-state index in [1.807, 2.05) is 32.3 Å². The largest absolute Gasteiger partial charge is 0.481 e. The molecule has 2 aliphatic heterocycles. The van der Waals surface area contributed by atoms with Crippen LogP contribution < -0.4 is 4.74 Å². The average Bonchev–Trinajstić information content (AvgIpc) is 2.98. The number of pyridine rings is 1. The van der Waals surface area contributed by atoms with Crippen molar-refractivity contribution >= 4 is 9.84 Å². The molecule has 122 valence electrons. The van der Waals surface area contributed by atoms with Gasteiger partial charge in [0, 0.05) is 37.7 Å². The summed E-state index contributed by atoms with van der Waals surface area (Å²) in [4.78, 5) is 8.67. The number of fused-ring (bicyclic) bond motifs is 1. The molecule has 1 aromatic heterocycles. The Morgan fingerprint density at radius 2 is 2.14 bits per heavy atom. The van der Waals surface area contributed by atoms with Gasteiger partial charge in [0.05, 0.1) is 23.8 Å². The van der Waals surface area contributed by atoms with E-state index in [1.54, 1.807) is 7.11 Å². The second-order valence-corrected chi connectivity index (χ2v) is 8.69. The highest BCUT2D eigenvalue weighted by atomic mass is 32.2. The summed E-state index contributed by atoms with van der Waals surface area (Å²) in [6.45, 7) is 2.09. The van der Waals surface area contributed by atoms with Gasteiger partial charge in [-0.1, -0.05) is 6.07 Å². The highest BCUT2D eigenvalue weighted by Crippen LogP contribution is 2.36. The predicted molar refractivity (Wildman–Crippen MR) is 84.6 cm³/mol. The minimum absolute atomic E-state index is 0.123. The predicted octanol–water partition coefficient (Wildman–Crippen LogP) is 0.249. The highest BCUT2D eigenvalue weighted by Gasteiger charge is 2.52. The molecule has 0 aliphatic carbocycles. The van der Waals surface area contributed by atoms with Crippen LogP contribution in [0.3, 0.4) is 0 Å². The molecule has 0 amide bonds. The Labute approximate surface area is 132 Å². The number of hydrogen-bond donors (Lipinski definition) is 0. The number of likely N-dealkylation sites (tertiary alicyclic amines) is 1. The van der Waals surface area contributed by atoms with Crippen LogP contribution in [0.1, 0.15) is 5.69 Å². The van der Waals surface area contributed by atoms with E-state index in [2.05, 4.69) is 14.8 Å². The van der Waals surface area contributed by atoms with Gasteiger partial charge in [-0.3, -0.25) is 4.90 Å². The fourth-order valence-corrected chi connectivity index (χ4v) is 6.17. The smallest absolute Gasteiger partial charge is 0.213 e. The molecule has 2 saturated heterocycles. The molecule has 0 radical (unpaired) electrons. The number of sulfone groups is 1. The van der Waals surface area contributed by atoms with Gasteiger partial charge in [0.1, 0.15) is 0 Å². The van der Waals surface area contributed by atoms with Gasteiger partial charge < -0.3 is 9.64 Å². The van der Waals surface area contributed by atoms with Crippen LogP contribution in [0.4, 0.5) is 0 Å². The summed E-state index contributed by atoms with van der Waals surface area (Å²) in [5.41, 5.74) is 0.915. The van der Waals surface area contributed by atoms with Crippen molar-refractivity contribution < 1.29 is 13.2 Å². The van der Waals surface area contributed by atoms with Gasteiger partial charge in [0.15, 0.2) is 9.84 Å². The lowest BCUT2D eigenvalue weighted by Crippen LogP contribution is -2.37. The number of nitrogens with zero attached hydrogens (tertiary/aromatic N) is 3. The van der Waals surface area contributed by atoms with Crippen molar-refractivity contribution in [2.75, 3.05) is 40.0 Å². The van der Waals surface area contributed by atoms with E-state index < -0.39 is 9.84 Å². The third-order valence-electron chi connectivity index (χ3n) is 4.78. The Kier molecular flexibility index (Phi) is 4.13. The minimum Gasteiger partial charge on any atom is -0.481 e. The number of rotatable bonds is 4. The van der Waals surface area contributed by atoms with E-state index in [-0.39, 0.29) is 17.2 Å². The van der Waals surface area contributed by atoms with Crippen LogP contribution >= 0.6 is 0 Å². The Bertz CT molecular complexity index is 647. The summed E-state index contributed by atoms with van der Waals surface area (Å²) in [6.07, 6.45) is 0. The van der Waals surface area contributed by atoms with Gasteiger partial charge in [-0.2, -0.15) is 0 Å². The Morgan fingerprint density at radius 1 is 1.36 bits per heavy atom. The van der Waals surface area contributed by atoms with Gasteiger partial charge in [-0.25, -0.2) is 13.4 Å². The standard InChI is InChI=1S/C15H23N3O3S/c1-17(2)13-10-22(19,20)14-9-18(8-12(13)14)7-11-5-4-6-15(16-11)21-3/h4-6,12-14H,7-10H2,1-3H3/t12-,13+,14-/m0/s1. The first kappa shape index (κ1) is 15.7. The summed E-state index contributed by atoms with van der Waals surface area (Å²) in [5.74, 6) is 1.09. The van der Waals surface area contributed by atoms with Crippen LogP contribution in [0.2, 0.25) is 0 Å². The summed E-state index contributed by atoms with van der Waals surface area (Å²) < 4.78 is 29.9.